The first kappa shape index (κ1) is 14.7. The van der Waals surface area contributed by atoms with Crippen molar-refractivity contribution in [2.45, 2.75) is 45.3 Å². The highest BCUT2D eigenvalue weighted by molar-refractivity contribution is 4.78. The van der Waals surface area contributed by atoms with Crippen molar-refractivity contribution in [3.05, 3.63) is 0 Å². The number of hydrogen-bond acceptors (Lipinski definition) is 2. The molecule has 0 rings (SSSR count). The van der Waals surface area contributed by atoms with Crippen LogP contribution in [-0.2, 0) is 0 Å². The Hall–Kier alpha value is -0.290. The van der Waals surface area contributed by atoms with Crippen LogP contribution in [0.25, 0.3) is 0 Å². The van der Waals surface area contributed by atoms with E-state index in [2.05, 4.69) is 0 Å². The number of halogens is 3. The van der Waals surface area contributed by atoms with Gasteiger partial charge in [-0.2, -0.15) is 13.2 Å². The SMILES string of the molecule is CCCN(CCC)C(CCN)C(F)(F)F. The number of rotatable bonds is 7. The third kappa shape index (κ3) is 5.37. The smallest absolute Gasteiger partial charge is 0.330 e. The Morgan fingerprint density at radius 2 is 1.60 bits per heavy atom. The molecule has 0 saturated carbocycles. The minimum absolute atomic E-state index is 0.0104. The normalized spacial score (nSPS) is 14.6. The lowest BCUT2D eigenvalue weighted by Crippen LogP contribution is -2.47. The zero-order valence-corrected chi connectivity index (χ0v) is 9.48. The van der Waals surface area contributed by atoms with Crippen LogP contribution in [0.15, 0.2) is 0 Å². The van der Waals surface area contributed by atoms with E-state index in [-0.39, 0.29) is 13.0 Å². The molecule has 1 unspecified atom stereocenters. The van der Waals surface area contributed by atoms with Crippen LogP contribution in [0, 0.1) is 0 Å². The van der Waals surface area contributed by atoms with Gasteiger partial charge in [-0.25, -0.2) is 0 Å². The summed E-state index contributed by atoms with van der Waals surface area (Å²) >= 11 is 0. The van der Waals surface area contributed by atoms with Crippen molar-refractivity contribution < 1.29 is 13.2 Å². The summed E-state index contributed by atoms with van der Waals surface area (Å²) in [6.07, 6.45) is -2.71. The second-order valence-corrected chi connectivity index (χ2v) is 3.67. The van der Waals surface area contributed by atoms with E-state index in [4.69, 9.17) is 5.73 Å². The summed E-state index contributed by atoms with van der Waals surface area (Å²) in [6.45, 7) is 4.82. The number of hydrogen-bond donors (Lipinski definition) is 1. The quantitative estimate of drug-likeness (QED) is 0.722. The summed E-state index contributed by atoms with van der Waals surface area (Å²) < 4.78 is 38.1. The van der Waals surface area contributed by atoms with Gasteiger partial charge >= 0.3 is 6.18 Å². The average molecular weight is 226 g/mol. The van der Waals surface area contributed by atoms with Crippen molar-refractivity contribution in [3.63, 3.8) is 0 Å². The van der Waals surface area contributed by atoms with Crippen LogP contribution in [0.1, 0.15) is 33.1 Å². The van der Waals surface area contributed by atoms with E-state index in [1.165, 1.54) is 4.90 Å². The Morgan fingerprint density at radius 1 is 1.13 bits per heavy atom. The standard InChI is InChI=1S/C10H21F3N2/c1-3-7-15(8-4-2)9(5-6-14)10(11,12)13/h9H,3-8,14H2,1-2H3. The predicted molar refractivity (Wildman–Crippen MR) is 55.7 cm³/mol. The van der Waals surface area contributed by atoms with Crippen molar-refractivity contribution >= 4 is 0 Å². The van der Waals surface area contributed by atoms with Gasteiger partial charge in [0.1, 0.15) is 6.04 Å². The largest absolute Gasteiger partial charge is 0.404 e. The first-order valence-corrected chi connectivity index (χ1v) is 5.48. The van der Waals surface area contributed by atoms with Crippen LogP contribution in [0.2, 0.25) is 0 Å². The van der Waals surface area contributed by atoms with Crippen molar-refractivity contribution in [2.24, 2.45) is 5.73 Å². The Morgan fingerprint density at radius 3 is 1.87 bits per heavy atom. The molecule has 2 nitrogen and oxygen atoms in total. The molecule has 0 aromatic rings. The molecule has 0 radical (unpaired) electrons. The van der Waals surface area contributed by atoms with Gasteiger partial charge in [0.25, 0.3) is 0 Å². The van der Waals surface area contributed by atoms with Gasteiger partial charge in [0.15, 0.2) is 0 Å². The number of nitrogens with zero attached hydrogens (tertiary/aromatic N) is 1. The van der Waals surface area contributed by atoms with Crippen LogP contribution >= 0.6 is 0 Å². The number of alkyl halides is 3. The van der Waals surface area contributed by atoms with E-state index < -0.39 is 12.2 Å². The fourth-order valence-corrected chi connectivity index (χ4v) is 1.71. The molecule has 0 spiro atoms. The van der Waals surface area contributed by atoms with Gasteiger partial charge in [-0.15, -0.1) is 0 Å². The van der Waals surface area contributed by atoms with Crippen LogP contribution in [0.4, 0.5) is 13.2 Å². The Bertz CT molecular complexity index is 153. The lowest BCUT2D eigenvalue weighted by Gasteiger charge is -2.32. The first-order chi connectivity index (χ1) is 6.97. The molecule has 0 heterocycles. The highest BCUT2D eigenvalue weighted by Crippen LogP contribution is 2.27. The fraction of sp³-hybridized carbons (Fsp3) is 1.00. The van der Waals surface area contributed by atoms with Crippen molar-refractivity contribution in [3.8, 4) is 0 Å². The molecule has 5 heteroatoms. The van der Waals surface area contributed by atoms with E-state index in [1.807, 2.05) is 13.8 Å². The van der Waals surface area contributed by atoms with E-state index in [9.17, 15) is 13.2 Å². The van der Waals surface area contributed by atoms with E-state index >= 15 is 0 Å². The number of nitrogens with two attached hydrogens (primary N) is 1. The van der Waals surface area contributed by atoms with Crippen LogP contribution in [0.5, 0.6) is 0 Å². The molecule has 0 aliphatic carbocycles. The molecule has 0 aliphatic heterocycles. The molecule has 1 atom stereocenters. The maximum Gasteiger partial charge on any atom is 0.404 e. The van der Waals surface area contributed by atoms with Crippen LogP contribution in [0.3, 0.4) is 0 Å². The van der Waals surface area contributed by atoms with Crippen molar-refractivity contribution in [2.75, 3.05) is 19.6 Å². The third-order valence-electron chi connectivity index (χ3n) is 2.28. The lowest BCUT2D eigenvalue weighted by atomic mass is 10.1. The maximum absolute atomic E-state index is 12.7. The van der Waals surface area contributed by atoms with E-state index in [0.717, 1.165) is 12.8 Å². The predicted octanol–water partition coefficient (Wildman–Crippen LogP) is 2.39. The van der Waals surface area contributed by atoms with Gasteiger partial charge in [-0.05, 0) is 38.9 Å². The minimum Gasteiger partial charge on any atom is -0.330 e. The van der Waals surface area contributed by atoms with Crippen molar-refractivity contribution in [1.29, 1.82) is 0 Å². The molecule has 0 aromatic carbocycles. The summed E-state index contributed by atoms with van der Waals surface area (Å²) in [5, 5.41) is 0. The summed E-state index contributed by atoms with van der Waals surface area (Å²) in [7, 11) is 0. The Balaban J connectivity index is 4.51. The van der Waals surface area contributed by atoms with Gasteiger partial charge < -0.3 is 5.73 Å². The van der Waals surface area contributed by atoms with Crippen LogP contribution in [-0.4, -0.2) is 36.8 Å². The first-order valence-electron chi connectivity index (χ1n) is 5.48. The summed E-state index contributed by atoms with van der Waals surface area (Å²) in [5.41, 5.74) is 5.23. The molecule has 0 amide bonds. The second kappa shape index (κ2) is 7.06. The third-order valence-corrected chi connectivity index (χ3v) is 2.28. The molecule has 15 heavy (non-hydrogen) atoms. The van der Waals surface area contributed by atoms with E-state index in [1.54, 1.807) is 0 Å². The summed E-state index contributed by atoms with van der Waals surface area (Å²) in [4.78, 5) is 1.49. The van der Waals surface area contributed by atoms with Crippen molar-refractivity contribution in [1.82, 2.24) is 4.90 Å². The van der Waals surface area contributed by atoms with Gasteiger partial charge in [0.2, 0.25) is 0 Å². The molecule has 0 aliphatic rings. The zero-order chi connectivity index (χ0) is 11.9. The monoisotopic (exact) mass is 226 g/mol. The minimum atomic E-state index is -4.16. The van der Waals surface area contributed by atoms with Gasteiger partial charge in [0, 0.05) is 0 Å². The Kier molecular flexibility index (Phi) is 6.92. The molecule has 2 N–H and O–H groups in total. The maximum atomic E-state index is 12.7. The van der Waals surface area contributed by atoms with Gasteiger partial charge in [-0.3, -0.25) is 4.90 Å². The van der Waals surface area contributed by atoms with E-state index in [0.29, 0.717) is 13.1 Å². The molecule has 0 fully saturated rings. The topological polar surface area (TPSA) is 29.3 Å². The highest BCUT2D eigenvalue weighted by atomic mass is 19.4. The molecule has 0 bridgehead atoms. The highest BCUT2D eigenvalue weighted by Gasteiger charge is 2.42. The fourth-order valence-electron chi connectivity index (χ4n) is 1.71. The molecular formula is C10H21F3N2. The van der Waals surface area contributed by atoms with Crippen LogP contribution < -0.4 is 5.73 Å². The molecule has 92 valence electrons. The Labute approximate surface area is 89.6 Å². The molecule has 0 saturated heterocycles. The zero-order valence-electron chi connectivity index (χ0n) is 9.48. The molecular weight excluding hydrogens is 205 g/mol. The average Bonchev–Trinajstić information content (AvgIpc) is 2.12. The summed E-state index contributed by atoms with van der Waals surface area (Å²) in [5.74, 6) is 0. The second-order valence-electron chi connectivity index (χ2n) is 3.67. The molecule has 0 aromatic heterocycles. The van der Waals surface area contributed by atoms with Gasteiger partial charge in [0.05, 0.1) is 0 Å². The summed E-state index contributed by atoms with van der Waals surface area (Å²) in [6, 6.07) is -1.37. The van der Waals surface area contributed by atoms with Gasteiger partial charge in [-0.1, -0.05) is 13.8 Å². The lowest BCUT2D eigenvalue weighted by molar-refractivity contribution is -0.185.